The summed E-state index contributed by atoms with van der Waals surface area (Å²) >= 11 is 0. The van der Waals surface area contributed by atoms with E-state index in [1.807, 2.05) is 58.0 Å². The first-order valence-corrected chi connectivity index (χ1v) is 18.1. The fraction of sp³-hybridized carbons (Fsp3) is 0.676. The number of carbonyl (C=O) groups excluding carboxylic acids is 6. The summed E-state index contributed by atoms with van der Waals surface area (Å²) in [5.74, 6) is -2.55. The zero-order valence-corrected chi connectivity index (χ0v) is 30.4. The SMILES string of the molecule is CCCCCCC(=O)N[C@H]1CCCCNC(=O)[C@H](CC(C)C)NC(=O)[C@H](C)NC(=O)[C@H](CC(C)C)NC(=O)[C@H](Cc2ccccc2)NC1=O. The van der Waals surface area contributed by atoms with E-state index in [1.165, 1.54) is 6.92 Å². The van der Waals surface area contributed by atoms with Crippen LogP contribution in [0, 0.1) is 11.8 Å². The average molecular weight is 685 g/mol. The van der Waals surface area contributed by atoms with Gasteiger partial charge in [0.1, 0.15) is 30.2 Å². The maximum absolute atomic E-state index is 13.9. The number of hydrogen-bond acceptors (Lipinski definition) is 6. The van der Waals surface area contributed by atoms with E-state index in [0.29, 0.717) is 45.1 Å². The summed E-state index contributed by atoms with van der Waals surface area (Å²) in [4.78, 5) is 80.4. The van der Waals surface area contributed by atoms with E-state index in [2.05, 4.69) is 38.8 Å². The molecular weight excluding hydrogens is 624 g/mol. The fourth-order valence-corrected chi connectivity index (χ4v) is 5.74. The Labute approximate surface area is 292 Å². The molecule has 274 valence electrons. The number of rotatable bonds is 12. The van der Waals surface area contributed by atoms with E-state index >= 15 is 0 Å². The highest BCUT2D eigenvalue weighted by molar-refractivity contribution is 5.96. The Kier molecular flexibility index (Phi) is 18.4. The molecule has 6 N–H and O–H groups in total. The summed E-state index contributed by atoms with van der Waals surface area (Å²) in [6.45, 7) is 11.7. The van der Waals surface area contributed by atoms with Crippen LogP contribution in [0.4, 0.5) is 0 Å². The molecule has 1 aliphatic rings. The molecule has 6 amide bonds. The molecule has 1 saturated heterocycles. The molecule has 1 aromatic rings. The van der Waals surface area contributed by atoms with E-state index in [0.717, 1.165) is 24.8 Å². The third-order valence-electron chi connectivity index (χ3n) is 8.48. The van der Waals surface area contributed by atoms with E-state index in [-0.39, 0.29) is 36.5 Å². The Balaban J connectivity index is 2.42. The third-order valence-corrected chi connectivity index (χ3v) is 8.48. The number of amides is 6. The lowest BCUT2D eigenvalue weighted by Gasteiger charge is -2.27. The van der Waals surface area contributed by atoms with Gasteiger partial charge in [-0.05, 0) is 62.8 Å². The van der Waals surface area contributed by atoms with Crippen LogP contribution in [-0.4, -0.2) is 72.2 Å². The van der Waals surface area contributed by atoms with Crippen molar-refractivity contribution >= 4 is 35.4 Å². The van der Waals surface area contributed by atoms with Crippen molar-refractivity contribution < 1.29 is 28.8 Å². The summed E-state index contributed by atoms with van der Waals surface area (Å²) in [6, 6.07) is 4.53. The van der Waals surface area contributed by atoms with Crippen molar-refractivity contribution in [1.29, 1.82) is 0 Å². The molecule has 0 aliphatic carbocycles. The number of hydrogen-bond donors (Lipinski definition) is 6. The molecule has 49 heavy (non-hydrogen) atoms. The molecule has 1 aliphatic heterocycles. The van der Waals surface area contributed by atoms with Gasteiger partial charge in [-0.25, -0.2) is 0 Å². The Morgan fingerprint density at radius 1 is 0.735 bits per heavy atom. The van der Waals surface area contributed by atoms with Gasteiger partial charge in [0.15, 0.2) is 0 Å². The maximum Gasteiger partial charge on any atom is 0.243 e. The molecule has 0 spiro atoms. The lowest BCUT2D eigenvalue weighted by Crippen LogP contribution is -2.59. The Hall–Kier alpha value is -3.96. The van der Waals surface area contributed by atoms with E-state index in [1.54, 1.807) is 0 Å². The molecule has 1 aromatic carbocycles. The van der Waals surface area contributed by atoms with Crippen molar-refractivity contribution in [3.8, 4) is 0 Å². The van der Waals surface area contributed by atoms with Crippen LogP contribution >= 0.6 is 0 Å². The van der Waals surface area contributed by atoms with Gasteiger partial charge in [-0.15, -0.1) is 0 Å². The van der Waals surface area contributed by atoms with Gasteiger partial charge in [0.2, 0.25) is 35.4 Å². The van der Waals surface area contributed by atoms with Crippen molar-refractivity contribution in [2.45, 2.75) is 142 Å². The van der Waals surface area contributed by atoms with Crippen molar-refractivity contribution in [2.24, 2.45) is 11.8 Å². The number of nitrogens with one attached hydrogen (secondary N) is 6. The quantitative estimate of drug-likeness (QED) is 0.185. The van der Waals surface area contributed by atoms with Crippen LogP contribution in [-0.2, 0) is 35.2 Å². The zero-order chi connectivity index (χ0) is 36.3. The predicted octanol–water partition coefficient (Wildman–Crippen LogP) is 3.04. The molecule has 1 fully saturated rings. The molecule has 0 unspecified atom stereocenters. The van der Waals surface area contributed by atoms with Crippen molar-refractivity contribution in [1.82, 2.24) is 31.9 Å². The first-order valence-electron chi connectivity index (χ1n) is 18.1. The smallest absolute Gasteiger partial charge is 0.243 e. The van der Waals surface area contributed by atoms with Gasteiger partial charge in [-0.3, -0.25) is 28.8 Å². The number of unbranched alkanes of at least 4 members (excludes halogenated alkanes) is 3. The third kappa shape index (κ3) is 15.9. The zero-order valence-electron chi connectivity index (χ0n) is 30.4. The van der Waals surface area contributed by atoms with Crippen LogP contribution in [0.5, 0.6) is 0 Å². The second-order valence-electron chi connectivity index (χ2n) is 14.1. The van der Waals surface area contributed by atoms with Gasteiger partial charge >= 0.3 is 0 Å². The van der Waals surface area contributed by atoms with E-state index < -0.39 is 53.8 Å². The Bertz CT molecular complexity index is 1220. The normalized spacial score (nSPS) is 23.7. The topological polar surface area (TPSA) is 175 Å². The molecular formula is C37H60N6O6. The summed E-state index contributed by atoms with van der Waals surface area (Å²) in [5, 5.41) is 17.0. The van der Waals surface area contributed by atoms with Crippen LogP contribution in [0.3, 0.4) is 0 Å². The van der Waals surface area contributed by atoms with Crippen molar-refractivity contribution in [3.63, 3.8) is 0 Å². The van der Waals surface area contributed by atoms with Crippen LogP contribution in [0.2, 0.25) is 0 Å². The summed E-state index contributed by atoms with van der Waals surface area (Å²) < 4.78 is 0. The van der Waals surface area contributed by atoms with E-state index in [4.69, 9.17) is 0 Å². The van der Waals surface area contributed by atoms with Gasteiger partial charge in [0.05, 0.1) is 0 Å². The number of carbonyl (C=O) groups is 6. The van der Waals surface area contributed by atoms with Crippen LogP contribution in [0.15, 0.2) is 30.3 Å². The van der Waals surface area contributed by atoms with Crippen LogP contribution < -0.4 is 31.9 Å². The Morgan fingerprint density at radius 2 is 1.33 bits per heavy atom. The number of benzene rings is 1. The summed E-state index contributed by atoms with van der Waals surface area (Å²) in [7, 11) is 0. The lowest BCUT2D eigenvalue weighted by molar-refractivity contribution is -0.135. The molecule has 12 heteroatoms. The fourth-order valence-electron chi connectivity index (χ4n) is 5.74. The second-order valence-corrected chi connectivity index (χ2v) is 14.1. The van der Waals surface area contributed by atoms with Gasteiger partial charge in [-0.2, -0.15) is 0 Å². The molecule has 0 radical (unpaired) electrons. The molecule has 0 saturated carbocycles. The van der Waals surface area contributed by atoms with Crippen LogP contribution in [0.25, 0.3) is 0 Å². The van der Waals surface area contributed by atoms with Crippen molar-refractivity contribution in [2.75, 3.05) is 6.54 Å². The minimum atomic E-state index is -1.04. The first kappa shape index (κ1) is 41.2. The lowest BCUT2D eigenvalue weighted by atomic mass is 10.00. The minimum Gasteiger partial charge on any atom is -0.354 e. The van der Waals surface area contributed by atoms with Gasteiger partial charge in [0.25, 0.3) is 0 Å². The molecule has 0 bridgehead atoms. The second kappa shape index (κ2) is 21.9. The van der Waals surface area contributed by atoms with Crippen LogP contribution in [0.1, 0.15) is 111 Å². The molecule has 1 heterocycles. The van der Waals surface area contributed by atoms with Gasteiger partial charge < -0.3 is 31.9 Å². The van der Waals surface area contributed by atoms with Gasteiger partial charge in [-0.1, -0.05) is 84.2 Å². The highest BCUT2D eigenvalue weighted by Gasteiger charge is 2.32. The summed E-state index contributed by atoms with van der Waals surface area (Å²) in [6.07, 6.45) is 6.17. The predicted molar refractivity (Wildman–Crippen MR) is 190 cm³/mol. The Morgan fingerprint density at radius 3 is 1.96 bits per heavy atom. The minimum absolute atomic E-state index is 0.0139. The van der Waals surface area contributed by atoms with E-state index in [9.17, 15) is 28.8 Å². The molecule has 5 atom stereocenters. The highest BCUT2D eigenvalue weighted by Crippen LogP contribution is 2.12. The first-order chi connectivity index (χ1) is 23.3. The largest absolute Gasteiger partial charge is 0.354 e. The van der Waals surface area contributed by atoms with Crippen molar-refractivity contribution in [3.05, 3.63) is 35.9 Å². The van der Waals surface area contributed by atoms with Gasteiger partial charge in [0, 0.05) is 19.4 Å². The monoisotopic (exact) mass is 684 g/mol. The maximum atomic E-state index is 13.9. The molecule has 2 rings (SSSR count). The summed E-state index contributed by atoms with van der Waals surface area (Å²) in [5.41, 5.74) is 0.805. The highest BCUT2D eigenvalue weighted by atomic mass is 16.2. The average Bonchev–Trinajstić information content (AvgIpc) is 3.04. The molecule has 0 aromatic heterocycles. The molecule has 12 nitrogen and oxygen atoms in total. The standard InChI is InChI=1S/C37H60N6O6/c1-7-8-9-13-19-32(44)40-28-18-14-15-20-38-34(46)29(21-24(2)3)41-33(45)26(6)39-36(48)30(22-25(4)5)42-37(49)31(43-35(28)47)23-27-16-11-10-12-17-27/h10-12,16-17,24-26,28-31H,7-9,13-15,18-23H2,1-6H3,(H,38,46)(H,39,48)(H,40,44)(H,41,45)(H,42,49)(H,43,47)/t26-,28-,29-,30-,31-/m0/s1.